The van der Waals surface area contributed by atoms with Gasteiger partial charge in [-0.2, -0.15) is 4.39 Å². The topological polar surface area (TPSA) is 81.5 Å². The Balaban J connectivity index is 2.20. The number of ether oxygens (including phenoxy) is 1. The molecule has 20 heavy (non-hydrogen) atoms. The summed E-state index contributed by atoms with van der Waals surface area (Å²) >= 11 is 0. The van der Waals surface area contributed by atoms with Gasteiger partial charge in [-0.25, -0.2) is 4.39 Å². The summed E-state index contributed by atoms with van der Waals surface area (Å²) in [5.74, 6) is -3.63. The number of carbonyl (C=O) groups excluding carboxylic acids is 1. The van der Waals surface area contributed by atoms with Crippen LogP contribution >= 0.6 is 0 Å². The summed E-state index contributed by atoms with van der Waals surface area (Å²) in [4.78, 5) is 21.4. The summed E-state index contributed by atoms with van der Waals surface area (Å²) in [5, 5.41) is 12.9. The molecule has 2 rings (SSSR count). The maximum Gasteiger partial charge on any atom is 0.305 e. The summed E-state index contributed by atoms with van der Waals surface area (Å²) in [6, 6.07) is 1.38. The minimum absolute atomic E-state index is 0.174. The summed E-state index contributed by atoms with van der Waals surface area (Å²) in [6.45, 7) is 2.89. The SMILES string of the molecule is CC1(CNC(=O)c2c(F)ccc([N+](=O)[O-])c2F)COC1. The van der Waals surface area contributed by atoms with Crippen molar-refractivity contribution in [3.63, 3.8) is 0 Å². The number of hydrogen-bond acceptors (Lipinski definition) is 4. The molecule has 0 saturated carbocycles. The highest BCUT2D eigenvalue weighted by Crippen LogP contribution is 2.26. The largest absolute Gasteiger partial charge is 0.380 e. The first-order chi connectivity index (χ1) is 9.34. The third kappa shape index (κ3) is 2.60. The number of rotatable bonds is 4. The lowest BCUT2D eigenvalue weighted by atomic mass is 9.88. The van der Waals surface area contributed by atoms with E-state index in [0.717, 1.165) is 0 Å². The van der Waals surface area contributed by atoms with Crippen LogP contribution in [-0.4, -0.2) is 30.6 Å². The maximum atomic E-state index is 13.8. The third-order valence-electron chi connectivity index (χ3n) is 3.07. The van der Waals surface area contributed by atoms with Gasteiger partial charge in [-0.15, -0.1) is 0 Å². The van der Waals surface area contributed by atoms with Crippen LogP contribution < -0.4 is 5.32 Å². The molecule has 8 heteroatoms. The summed E-state index contributed by atoms with van der Waals surface area (Å²) < 4.78 is 32.3. The number of nitrogens with one attached hydrogen (secondary N) is 1. The molecule has 1 aromatic rings. The molecule has 1 fully saturated rings. The summed E-state index contributed by atoms with van der Waals surface area (Å²) in [6.07, 6.45) is 0. The molecule has 0 aromatic heterocycles. The van der Waals surface area contributed by atoms with E-state index in [2.05, 4.69) is 5.32 Å². The van der Waals surface area contributed by atoms with Crippen molar-refractivity contribution in [2.75, 3.05) is 19.8 Å². The van der Waals surface area contributed by atoms with Crippen molar-refractivity contribution < 1.29 is 23.2 Å². The standard InChI is InChI=1S/C12H12F2N2O4/c1-12(5-20-6-12)4-15-11(17)9-7(13)2-3-8(10(9)14)16(18)19/h2-3H,4-6H2,1H3,(H,15,17). The predicted octanol–water partition coefficient (Wildman–Crippen LogP) is 1.64. The highest BCUT2D eigenvalue weighted by Gasteiger charge is 2.34. The number of halogens is 2. The molecule has 1 N–H and O–H groups in total. The molecule has 1 saturated heterocycles. The smallest absolute Gasteiger partial charge is 0.305 e. The Morgan fingerprint density at radius 2 is 2.15 bits per heavy atom. The summed E-state index contributed by atoms with van der Waals surface area (Å²) in [5.41, 5.74) is -2.15. The molecule has 0 spiro atoms. The second-order valence-electron chi connectivity index (χ2n) is 5.00. The average molecular weight is 286 g/mol. The van der Waals surface area contributed by atoms with Crippen molar-refractivity contribution in [2.24, 2.45) is 5.41 Å². The van der Waals surface area contributed by atoms with E-state index in [0.29, 0.717) is 25.3 Å². The monoisotopic (exact) mass is 286 g/mol. The lowest BCUT2D eigenvalue weighted by Gasteiger charge is -2.38. The first-order valence-electron chi connectivity index (χ1n) is 5.82. The molecule has 0 unspecified atom stereocenters. The van der Waals surface area contributed by atoms with E-state index in [4.69, 9.17) is 4.74 Å². The van der Waals surface area contributed by atoms with Crippen molar-refractivity contribution >= 4 is 11.6 Å². The Labute approximate surface area is 112 Å². The first-order valence-corrected chi connectivity index (χ1v) is 5.82. The fourth-order valence-electron chi connectivity index (χ4n) is 1.83. The fourth-order valence-corrected chi connectivity index (χ4v) is 1.83. The van der Waals surface area contributed by atoms with Crippen LogP contribution in [-0.2, 0) is 4.74 Å². The highest BCUT2D eigenvalue weighted by atomic mass is 19.1. The van der Waals surface area contributed by atoms with E-state index in [1.807, 2.05) is 6.92 Å². The predicted molar refractivity (Wildman–Crippen MR) is 64.3 cm³/mol. The number of hydrogen-bond donors (Lipinski definition) is 1. The van der Waals surface area contributed by atoms with Crippen LogP contribution in [0.2, 0.25) is 0 Å². The maximum absolute atomic E-state index is 13.8. The Kier molecular flexibility index (Phi) is 3.67. The minimum Gasteiger partial charge on any atom is -0.380 e. The Bertz CT molecular complexity index is 573. The van der Waals surface area contributed by atoms with Gasteiger partial charge in [0.15, 0.2) is 0 Å². The number of benzene rings is 1. The lowest BCUT2D eigenvalue weighted by molar-refractivity contribution is -0.387. The molecule has 108 valence electrons. The van der Waals surface area contributed by atoms with Crippen LogP contribution in [0.1, 0.15) is 17.3 Å². The molecule has 0 atom stereocenters. The Hall–Kier alpha value is -2.09. The molecule has 1 amide bonds. The van der Waals surface area contributed by atoms with Crippen molar-refractivity contribution in [3.05, 3.63) is 39.4 Å². The third-order valence-corrected chi connectivity index (χ3v) is 3.07. The van der Waals surface area contributed by atoms with Crippen LogP contribution in [0.3, 0.4) is 0 Å². The minimum atomic E-state index is -1.47. The molecule has 1 aliphatic heterocycles. The second-order valence-corrected chi connectivity index (χ2v) is 5.00. The van der Waals surface area contributed by atoms with Gasteiger partial charge in [0.25, 0.3) is 5.91 Å². The molecule has 6 nitrogen and oxygen atoms in total. The zero-order chi connectivity index (χ0) is 14.9. The van der Waals surface area contributed by atoms with Crippen molar-refractivity contribution in [2.45, 2.75) is 6.92 Å². The van der Waals surface area contributed by atoms with E-state index in [1.165, 1.54) is 0 Å². The van der Waals surface area contributed by atoms with E-state index in [1.54, 1.807) is 0 Å². The normalized spacial score (nSPS) is 16.4. The first kappa shape index (κ1) is 14.3. The van der Waals surface area contributed by atoms with E-state index < -0.39 is 33.7 Å². The molecular formula is C12H12F2N2O4. The zero-order valence-corrected chi connectivity index (χ0v) is 10.6. The van der Waals surface area contributed by atoms with E-state index in [-0.39, 0.29) is 12.0 Å². The van der Waals surface area contributed by atoms with Gasteiger partial charge in [-0.05, 0) is 6.07 Å². The zero-order valence-electron chi connectivity index (χ0n) is 10.6. The van der Waals surface area contributed by atoms with Crippen molar-refractivity contribution in [1.82, 2.24) is 5.32 Å². The molecule has 1 aromatic carbocycles. The van der Waals surface area contributed by atoms with Gasteiger partial charge in [0, 0.05) is 18.0 Å². The highest BCUT2D eigenvalue weighted by molar-refractivity contribution is 5.95. The number of nitro groups is 1. The molecule has 1 aliphatic rings. The molecular weight excluding hydrogens is 274 g/mol. The molecule has 0 aliphatic carbocycles. The fraction of sp³-hybridized carbons (Fsp3) is 0.417. The van der Waals surface area contributed by atoms with Crippen LogP contribution in [0.15, 0.2) is 12.1 Å². The van der Waals surface area contributed by atoms with Gasteiger partial charge < -0.3 is 10.1 Å². The van der Waals surface area contributed by atoms with Crippen LogP contribution in [0, 0.1) is 27.2 Å². The van der Waals surface area contributed by atoms with Gasteiger partial charge in [-0.3, -0.25) is 14.9 Å². The number of nitrogens with zero attached hydrogens (tertiary/aromatic N) is 1. The average Bonchev–Trinajstić information content (AvgIpc) is 2.33. The second kappa shape index (κ2) is 5.12. The van der Waals surface area contributed by atoms with Gasteiger partial charge in [0.1, 0.15) is 11.4 Å². The van der Waals surface area contributed by atoms with Gasteiger partial charge in [0.2, 0.25) is 5.82 Å². The van der Waals surface area contributed by atoms with Crippen LogP contribution in [0.25, 0.3) is 0 Å². The Morgan fingerprint density at radius 1 is 1.50 bits per heavy atom. The molecule has 0 bridgehead atoms. The number of amides is 1. The van der Waals surface area contributed by atoms with Gasteiger partial charge in [-0.1, -0.05) is 6.92 Å². The molecule has 1 heterocycles. The summed E-state index contributed by atoms with van der Waals surface area (Å²) in [7, 11) is 0. The van der Waals surface area contributed by atoms with Gasteiger partial charge in [0.05, 0.1) is 18.1 Å². The van der Waals surface area contributed by atoms with Crippen LogP contribution in [0.4, 0.5) is 14.5 Å². The van der Waals surface area contributed by atoms with E-state index >= 15 is 0 Å². The van der Waals surface area contributed by atoms with Gasteiger partial charge >= 0.3 is 5.69 Å². The number of carbonyl (C=O) groups is 1. The quantitative estimate of drug-likeness (QED) is 0.674. The lowest BCUT2D eigenvalue weighted by Crippen LogP contribution is -2.48. The number of nitro benzene ring substituents is 1. The van der Waals surface area contributed by atoms with Crippen molar-refractivity contribution in [3.8, 4) is 0 Å². The van der Waals surface area contributed by atoms with E-state index in [9.17, 15) is 23.7 Å². The Morgan fingerprint density at radius 3 is 2.65 bits per heavy atom. The van der Waals surface area contributed by atoms with Crippen molar-refractivity contribution in [1.29, 1.82) is 0 Å². The molecule has 0 radical (unpaired) electrons. The van der Waals surface area contributed by atoms with Crippen LogP contribution in [0.5, 0.6) is 0 Å².